The number of hydrogen-bond donors (Lipinski definition) is 1. The van der Waals surface area contributed by atoms with E-state index in [2.05, 4.69) is 19.2 Å². The third-order valence-electron chi connectivity index (χ3n) is 6.04. The topological polar surface area (TPSA) is 29.1 Å². The first-order chi connectivity index (χ1) is 11.8. The molecule has 1 aliphatic carbocycles. The van der Waals surface area contributed by atoms with E-state index in [-0.39, 0.29) is 29.1 Å². The second-order valence-electron chi connectivity index (χ2n) is 8.02. The van der Waals surface area contributed by atoms with E-state index in [1.165, 1.54) is 6.07 Å². The molecule has 5 heteroatoms. The zero-order chi connectivity index (χ0) is 18.2. The van der Waals surface area contributed by atoms with Crippen molar-refractivity contribution in [3.8, 4) is 0 Å². The quantitative estimate of drug-likeness (QED) is 0.741. The van der Waals surface area contributed by atoms with E-state index in [1.807, 2.05) is 18.7 Å². The van der Waals surface area contributed by atoms with Crippen molar-refractivity contribution >= 4 is 29.3 Å². The molecule has 1 aliphatic heterocycles. The molecule has 1 saturated carbocycles. The van der Waals surface area contributed by atoms with Gasteiger partial charge in [0.1, 0.15) is 5.82 Å². The van der Waals surface area contributed by atoms with Gasteiger partial charge in [0.25, 0.3) is 0 Å². The van der Waals surface area contributed by atoms with Gasteiger partial charge in [-0.2, -0.15) is 11.8 Å². The third kappa shape index (κ3) is 3.71. The second kappa shape index (κ2) is 7.48. The molecule has 2 aliphatic rings. The van der Waals surface area contributed by atoms with Crippen LogP contribution in [0.15, 0.2) is 12.1 Å². The van der Waals surface area contributed by atoms with Crippen LogP contribution >= 0.6 is 23.4 Å². The molecule has 0 bridgehead atoms. The van der Waals surface area contributed by atoms with Crippen molar-refractivity contribution in [2.45, 2.75) is 52.5 Å². The van der Waals surface area contributed by atoms with Crippen LogP contribution in [0.4, 0.5) is 4.39 Å². The van der Waals surface area contributed by atoms with Gasteiger partial charge >= 0.3 is 0 Å². The van der Waals surface area contributed by atoms with Crippen molar-refractivity contribution in [1.82, 2.24) is 5.32 Å². The van der Waals surface area contributed by atoms with Gasteiger partial charge in [-0.3, -0.25) is 4.79 Å². The van der Waals surface area contributed by atoms with Gasteiger partial charge in [0.05, 0.1) is 17.0 Å². The second-order valence-corrected chi connectivity index (χ2v) is 9.47. The van der Waals surface area contributed by atoms with Crippen LogP contribution < -0.4 is 5.32 Å². The first-order valence-corrected chi connectivity index (χ1v) is 10.7. The molecule has 1 amide bonds. The predicted octanol–water partition coefficient (Wildman–Crippen LogP) is 5.52. The van der Waals surface area contributed by atoms with Gasteiger partial charge in [-0.1, -0.05) is 44.4 Å². The van der Waals surface area contributed by atoms with E-state index < -0.39 is 0 Å². The summed E-state index contributed by atoms with van der Waals surface area (Å²) in [7, 11) is 0. The number of halogens is 2. The molecule has 3 unspecified atom stereocenters. The van der Waals surface area contributed by atoms with Crippen LogP contribution in [0.25, 0.3) is 0 Å². The summed E-state index contributed by atoms with van der Waals surface area (Å²) in [6.07, 6.45) is 4.19. The normalized spacial score (nSPS) is 26.6. The average molecular weight is 384 g/mol. The number of rotatable bonds is 4. The largest absolute Gasteiger partial charge is 0.348 e. The fourth-order valence-electron chi connectivity index (χ4n) is 4.25. The SMILES string of the molecule is Cc1ccc(F)c(C(NC(=O)C2CSCC2C)C2(C)CCCC2)c1Cl. The van der Waals surface area contributed by atoms with Crippen molar-refractivity contribution in [2.24, 2.45) is 17.3 Å². The number of thioether (sulfide) groups is 1. The number of benzene rings is 1. The van der Waals surface area contributed by atoms with Crippen LogP contribution in [0.3, 0.4) is 0 Å². The molecule has 0 aromatic heterocycles. The third-order valence-corrected chi connectivity index (χ3v) is 7.90. The minimum absolute atomic E-state index is 0.00384. The number of amides is 1. The van der Waals surface area contributed by atoms with Crippen molar-refractivity contribution in [3.63, 3.8) is 0 Å². The Balaban J connectivity index is 1.97. The average Bonchev–Trinajstić information content (AvgIpc) is 3.19. The minimum Gasteiger partial charge on any atom is -0.348 e. The highest BCUT2D eigenvalue weighted by molar-refractivity contribution is 7.99. The highest BCUT2D eigenvalue weighted by Gasteiger charge is 2.42. The molecule has 3 atom stereocenters. The highest BCUT2D eigenvalue weighted by Crippen LogP contribution is 2.49. The maximum Gasteiger partial charge on any atom is 0.224 e. The highest BCUT2D eigenvalue weighted by atomic mass is 35.5. The molecule has 1 saturated heterocycles. The van der Waals surface area contributed by atoms with Crippen molar-refractivity contribution < 1.29 is 9.18 Å². The molecule has 0 radical (unpaired) electrons. The smallest absolute Gasteiger partial charge is 0.224 e. The van der Waals surface area contributed by atoms with Crippen LogP contribution in [0.5, 0.6) is 0 Å². The van der Waals surface area contributed by atoms with Crippen LogP contribution in [-0.4, -0.2) is 17.4 Å². The van der Waals surface area contributed by atoms with Gasteiger partial charge in [-0.05, 0) is 48.5 Å². The zero-order valence-electron chi connectivity index (χ0n) is 15.2. The maximum absolute atomic E-state index is 14.8. The summed E-state index contributed by atoms with van der Waals surface area (Å²) in [5.41, 5.74) is 1.17. The monoisotopic (exact) mass is 383 g/mol. The Hall–Kier alpha value is -0.740. The van der Waals surface area contributed by atoms with E-state index in [0.29, 0.717) is 16.5 Å². The molecule has 0 spiro atoms. The molecule has 138 valence electrons. The summed E-state index contributed by atoms with van der Waals surface area (Å²) >= 11 is 8.33. The fraction of sp³-hybridized carbons (Fsp3) is 0.650. The van der Waals surface area contributed by atoms with Crippen LogP contribution in [-0.2, 0) is 4.79 Å². The summed E-state index contributed by atoms with van der Waals surface area (Å²) in [5, 5.41) is 3.67. The standard InChI is InChI=1S/C20H27ClFNOS/c1-12-6-7-15(22)16(17(12)21)18(20(3)8-4-5-9-20)23-19(24)14-11-25-10-13(14)2/h6-7,13-14,18H,4-5,8-11H2,1-3H3,(H,23,24). The number of hydrogen-bond acceptors (Lipinski definition) is 2. The first kappa shape index (κ1) is 19.0. The van der Waals surface area contributed by atoms with Gasteiger partial charge in [-0.25, -0.2) is 4.39 Å². The number of aryl methyl sites for hydroxylation is 1. The number of carbonyl (C=O) groups is 1. The zero-order valence-corrected chi connectivity index (χ0v) is 16.8. The van der Waals surface area contributed by atoms with Gasteiger partial charge < -0.3 is 5.32 Å². The van der Waals surface area contributed by atoms with Gasteiger partial charge in [0.2, 0.25) is 5.91 Å². The van der Waals surface area contributed by atoms with Gasteiger partial charge in [0, 0.05) is 11.3 Å². The van der Waals surface area contributed by atoms with E-state index in [9.17, 15) is 9.18 Å². The molecule has 1 N–H and O–H groups in total. The van der Waals surface area contributed by atoms with E-state index in [0.717, 1.165) is 42.8 Å². The lowest BCUT2D eigenvalue weighted by atomic mass is 9.76. The van der Waals surface area contributed by atoms with Crippen LogP contribution in [0.1, 0.15) is 56.7 Å². The molecular weight excluding hydrogens is 357 g/mol. The summed E-state index contributed by atoms with van der Waals surface area (Å²) in [6.45, 7) is 6.17. The maximum atomic E-state index is 14.8. The summed E-state index contributed by atoms with van der Waals surface area (Å²) in [4.78, 5) is 13.0. The van der Waals surface area contributed by atoms with E-state index >= 15 is 0 Å². The van der Waals surface area contributed by atoms with E-state index in [4.69, 9.17) is 11.6 Å². The minimum atomic E-state index is -0.368. The first-order valence-electron chi connectivity index (χ1n) is 9.16. The Bertz CT molecular complexity index is 659. The Morgan fingerprint density at radius 1 is 1.36 bits per heavy atom. The van der Waals surface area contributed by atoms with Crippen LogP contribution in [0, 0.1) is 30.0 Å². The fourth-order valence-corrected chi connectivity index (χ4v) is 5.99. The molecule has 1 aromatic rings. The Kier molecular flexibility index (Phi) is 5.69. The molecular formula is C20H27ClFNOS. The number of nitrogens with one attached hydrogen (secondary N) is 1. The lowest BCUT2D eigenvalue weighted by Crippen LogP contribution is -2.43. The van der Waals surface area contributed by atoms with E-state index in [1.54, 1.807) is 6.07 Å². The molecule has 2 fully saturated rings. The van der Waals surface area contributed by atoms with Crippen molar-refractivity contribution in [1.29, 1.82) is 0 Å². The van der Waals surface area contributed by atoms with Crippen LogP contribution in [0.2, 0.25) is 5.02 Å². The van der Waals surface area contributed by atoms with Gasteiger partial charge in [-0.15, -0.1) is 0 Å². The molecule has 25 heavy (non-hydrogen) atoms. The summed E-state index contributed by atoms with van der Waals surface area (Å²) < 4.78 is 14.8. The molecule has 3 rings (SSSR count). The Morgan fingerprint density at radius 2 is 2.04 bits per heavy atom. The molecule has 1 aromatic carbocycles. The van der Waals surface area contributed by atoms with Crippen molar-refractivity contribution in [2.75, 3.05) is 11.5 Å². The Morgan fingerprint density at radius 3 is 2.64 bits per heavy atom. The number of carbonyl (C=O) groups excluding carboxylic acids is 1. The molecule has 1 heterocycles. The van der Waals surface area contributed by atoms with Gasteiger partial charge in [0.15, 0.2) is 0 Å². The lowest BCUT2D eigenvalue weighted by molar-refractivity contribution is -0.127. The summed E-state index contributed by atoms with van der Waals surface area (Å²) in [6, 6.07) is 2.81. The Labute approximate surface area is 159 Å². The van der Waals surface area contributed by atoms with Crippen molar-refractivity contribution in [3.05, 3.63) is 34.1 Å². The molecule has 2 nitrogen and oxygen atoms in total. The predicted molar refractivity (Wildman–Crippen MR) is 104 cm³/mol. The lowest BCUT2D eigenvalue weighted by Gasteiger charge is -2.37. The summed E-state index contributed by atoms with van der Waals surface area (Å²) in [5.74, 6) is 1.96.